The summed E-state index contributed by atoms with van der Waals surface area (Å²) >= 11 is 3.51. The first-order valence-corrected chi connectivity index (χ1v) is 6.81. The molecule has 0 spiro atoms. The van der Waals surface area contributed by atoms with Crippen molar-refractivity contribution in [3.63, 3.8) is 0 Å². The van der Waals surface area contributed by atoms with Crippen molar-refractivity contribution < 1.29 is 9.47 Å². The maximum absolute atomic E-state index is 5.86. The first kappa shape index (κ1) is 11.7. The van der Waals surface area contributed by atoms with E-state index >= 15 is 0 Å². The fraction of sp³-hybridized carbons (Fsp3) is 0.538. The first-order chi connectivity index (χ1) is 8.33. The lowest BCUT2D eigenvalue weighted by Crippen LogP contribution is -2.53. The van der Waals surface area contributed by atoms with Gasteiger partial charge in [0.2, 0.25) is 0 Å². The second-order valence-corrected chi connectivity index (χ2v) is 5.52. The molecule has 2 heterocycles. The maximum atomic E-state index is 5.86. The zero-order valence-corrected chi connectivity index (χ0v) is 11.2. The quantitative estimate of drug-likeness (QED) is 0.835. The smallest absolute Gasteiger partial charge is 0.0952 e. The Morgan fingerprint density at radius 1 is 1.29 bits per heavy atom. The Kier molecular flexibility index (Phi) is 3.47. The van der Waals surface area contributed by atoms with Gasteiger partial charge in [0, 0.05) is 17.6 Å². The normalized spacial score (nSPS) is 26.8. The van der Waals surface area contributed by atoms with Gasteiger partial charge >= 0.3 is 0 Å². The standard InChI is InChI=1S/C13H16BrNO2/c14-11-3-1-2-10(6-11)13-7-15(4-5-17-13)12-8-16-9-12/h1-3,6,12-13H,4-5,7-9H2. The molecule has 1 unspecified atom stereocenters. The summed E-state index contributed by atoms with van der Waals surface area (Å²) in [6.45, 7) is 4.58. The van der Waals surface area contributed by atoms with Gasteiger partial charge in [-0.15, -0.1) is 0 Å². The Morgan fingerprint density at radius 3 is 2.88 bits per heavy atom. The minimum absolute atomic E-state index is 0.196. The van der Waals surface area contributed by atoms with Gasteiger partial charge in [-0.3, -0.25) is 4.90 Å². The summed E-state index contributed by atoms with van der Waals surface area (Å²) in [6.07, 6.45) is 0.196. The highest BCUT2D eigenvalue weighted by atomic mass is 79.9. The van der Waals surface area contributed by atoms with Crippen molar-refractivity contribution in [2.45, 2.75) is 12.1 Å². The molecule has 0 N–H and O–H groups in total. The molecular weight excluding hydrogens is 282 g/mol. The average molecular weight is 298 g/mol. The number of benzene rings is 1. The summed E-state index contributed by atoms with van der Waals surface area (Å²) in [7, 11) is 0. The highest BCUT2D eigenvalue weighted by molar-refractivity contribution is 9.10. The van der Waals surface area contributed by atoms with E-state index in [9.17, 15) is 0 Å². The molecule has 3 rings (SSSR count). The van der Waals surface area contributed by atoms with Crippen LogP contribution in [0.15, 0.2) is 28.7 Å². The van der Waals surface area contributed by atoms with E-state index < -0.39 is 0 Å². The van der Waals surface area contributed by atoms with Crippen LogP contribution >= 0.6 is 15.9 Å². The Bertz CT molecular complexity index is 395. The van der Waals surface area contributed by atoms with Gasteiger partial charge in [-0.2, -0.15) is 0 Å². The number of morpholine rings is 1. The zero-order chi connectivity index (χ0) is 11.7. The third-order valence-corrected chi connectivity index (χ3v) is 3.95. The van der Waals surface area contributed by atoms with Crippen LogP contribution in [0.4, 0.5) is 0 Å². The van der Waals surface area contributed by atoms with Gasteiger partial charge < -0.3 is 9.47 Å². The maximum Gasteiger partial charge on any atom is 0.0952 e. The minimum atomic E-state index is 0.196. The van der Waals surface area contributed by atoms with Gasteiger partial charge in [-0.1, -0.05) is 28.1 Å². The van der Waals surface area contributed by atoms with Crippen molar-refractivity contribution in [2.75, 3.05) is 32.9 Å². The molecule has 0 radical (unpaired) electrons. The fourth-order valence-corrected chi connectivity index (χ4v) is 2.76. The molecule has 17 heavy (non-hydrogen) atoms. The molecule has 2 fully saturated rings. The van der Waals surface area contributed by atoms with Crippen LogP contribution in [-0.2, 0) is 9.47 Å². The van der Waals surface area contributed by atoms with Crippen molar-refractivity contribution in [2.24, 2.45) is 0 Å². The number of nitrogens with zero attached hydrogens (tertiary/aromatic N) is 1. The van der Waals surface area contributed by atoms with Gasteiger partial charge in [0.05, 0.1) is 32.0 Å². The van der Waals surface area contributed by atoms with Crippen LogP contribution in [0.5, 0.6) is 0 Å². The predicted molar refractivity (Wildman–Crippen MR) is 69.0 cm³/mol. The Balaban J connectivity index is 1.70. The van der Waals surface area contributed by atoms with Gasteiger partial charge in [0.15, 0.2) is 0 Å². The van der Waals surface area contributed by atoms with Crippen LogP contribution < -0.4 is 0 Å². The van der Waals surface area contributed by atoms with Crippen LogP contribution in [0, 0.1) is 0 Å². The van der Waals surface area contributed by atoms with Crippen molar-refractivity contribution in [1.29, 1.82) is 0 Å². The molecule has 2 aliphatic rings. The molecule has 92 valence electrons. The third kappa shape index (κ3) is 2.55. The van der Waals surface area contributed by atoms with Crippen LogP contribution in [0.3, 0.4) is 0 Å². The van der Waals surface area contributed by atoms with Crippen LogP contribution in [0.25, 0.3) is 0 Å². The number of hydrogen-bond donors (Lipinski definition) is 0. The predicted octanol–water partition coefficient (Wildman–Crippen LogP) is 2.22. The van der Waals surface area contributed by atoms with E-state index in [1.54, 1.807) is 0 Å². The van der Waals surface area contributed by atoms with Gasteiger partial charge in [-0.05, 0) is 17.7 Å². The van der Waals surface area contributed by atoms with E-state index in [2.05, 4.69) is 39.0 Å². The van der Waals surface area contributed by atoms with E-state index in [1.165, 1.54) is 5.56 Å². The van der Waals surface area contributed by atoms with Crippen LogP contribution in [-0.4, -0.2) is 43.9 Å². The highest BCUT2D eigenvalue weighted by Gasteiger charge is 2.31. The molecule has 1 atom stereocenters. The monoisotopic (exact) mass is 297 g/mol. The second kappa shape index (κ2) is 5.06. The second-order valence-electron chi connectivity index (χ2n) is 4.60. The lowest BCUT2D eigenvalue weighted by atomic mass is 10.1. The lowest BCUT2D eigenvalue weighted by Gasteiger charge is -2.42. The number of rotatable bonds is 2. The van der Waals surface area contributed by atoms with Gasteiger partial charge in [0.25, 0.3) is 0 Å². The minimum Gasteiger partial charge on any atom is -0.378 e. The van der Waals surface area contributed by atoms with E-state index in [0.717, 1.165) is 37.4 Å². The highest BCUT2D eigenvalue weighted by Crippen LogP contribution is 2.26. The number of halogens is 1. The summed E-state index contributed by atoms with van der Waals surface area (Å²) < 4.78 is 12.2. The van der Waals surface area contributed by atoms with Crippen LogP contribution in [0.2, 0.25) is 0 Å². The van der Waals surface area contributed by atoms with E-state index in [4.69, 9.17) is 9.47 Å². The van der Waals surface area contributed by atoms with Crippen LogP contribution in [0.1, 0.15) is 11.7 Å². The summed E-state index contributed by atoms with van der Waals surface area (Å²) in [5.74, 6) is 0. The molecule has 0 amide bonds. The molecule has 0 aliphatic carbocycles. The molecule has 1 aromatic rings. The van der Waals surface area contributed by atoms with Crippen molar-refractivity contribution >= 4 is 15.9 Å². The zero-order valence-electron chi connectivity index (χ0n) is 9.64. The van der Waals surface area contributed by atoms with E-state index in [0.29, 0.717) is 6.04 Å². The molecule has 0 bridgehead atoms. The topological polar surface area (TPSA) is 21.7 Å². The fourth-order valence-electron chi connectivity index (χ4n) is 2.34. The Morgan fingerprint density at radius 2 is 2.18 bits per heavy atom. The third-order valence-electron chi connectivity index (χ3n) is 3.46. The molecule has 3 nitrogen and oxygen atoms in total. The molecule has 4 heteroatoms. The summed E-state index contributed by atoms with van der Waals surface area (Å²) in [6, 6.07) is 8.99. The lowest BCUT2D eigenvalue weighted by molar-refractivity contribution is -0.115. The summed E-state index contributed by atoms with van der Waals surface area (Å²) in [5.41, 5.74) is 1.25. The SMILES string of the molecule is Brc1cccc(C2CN(C3COC3)CCO2)c1. The number of ether oxygens (including phenoxy) is 2. The molecule has 0 saturated carbocycles. The Hall–Kier alpha value is -0.420. The molecule has 2 aliphatic heterocycles. The molecule has 1 aromatic carbocycles. The summed E-state index contributed by atoms with van der Waals surface area (Å²) in [4.78, 5) is 2.48. The van der Waals surface area contributed by atoms with Crippen molar-refractivity contribution in [3.05, 3.63) is 34.3 Å². The largest absolute Gasteiger partial charge is 0.378 e. The average Bonchev–Trinajstić information content (AvgIpc) is 2.27. The Labute approximate surface area is 110 Å². The van der Waals surface area contributed by atoms with Gasteiger partial charge in [0.1, 0.15) is 0 Å². The first-order valence-electron chi connectivity index (χ1n) is 6.02. The molecule has 0 aromatic heterocycles. The molecular formula is C13H16BrNO2. The van der Waals surface area contributed by atoms with E-state index in [1.807, 2.05) is 6.07 Å². The number of hydrogen-bond acceptors (Lipinski definition) is 3. The summed E-state index contributed by atoms with van der Waals surface area (Å²) in [5, 5.41) is 0. The molecule has 2 saturated heterocycles. The van der Waals surface area contributed by atoms with Crippen molar-refractivity contribution in [1.82, 2.24) is 4.90 Å². The van der Waals surface area contributed by atoms with E-state index in [-0.39, 0.29) is 6.10 Å². The van der Waals surface area contributed by atoms with Crippen molar-refractivity contribution in [3.8, 4) is 0 Å². The van der Waals surface area contributed by atoms with Gasteiger partial charge in [-0.25, -0.2) is 0 Å².